The number of hydrogen-bond donors (Lipinski definition) is 0. The monoisotopic (exact) mass is 408 g/mol. The van der Waals surface area contributed by atoms with E-state index in [2.05, 4.69) is 14.9 Å². The number of aryl methyl sites for hydroxylation is 1. The molecule has 148 valence electrons. The topological polar surface area (TPSA) is 95.1 Å². The molecule has 29 heavy (non-hydrogen) atoms. The van der Waals surface area contributed by atoms with Crippen molar-refractivity contribution in [1.29, 1.82) is 5.26 Å². The van der Waals surface area contributed by atoms with Crippen LogP contribution in [0.4, 0.5) is 5.82 Å². The van der Waals surface area contributed by atoms with Gasteiger partial charge in [-0.25, -0.2) is 18.4 Å². The Balaban J connectivity index is 1.50. The zero-order valence-corrected chi connectivity index (χ0v) is 16.7. The fourth-order valence-electron chi connectivity index (χ4n) is 3.33. The van der Waals surface area contributed by atoms with Crippen LogP contribution in [0.2, 0.25) is 0 Å². The molecule has 0 unspecified atom stereocenters. The van der Waals surface area contributed by atoms with Crippen LogP contribution in [0.3, 0.4) is 0 Å². The van der Waals surface area contributed by atoms with Crippen LogP contribution >= 0.6 is 0 Å². The molecule has 1 fully saturated rings. The van der Waals surface area contributed by atoms with Gasteiger partial charge in [-0.1, -0.05) is 0 Å². The van der Waals surface area contributed by atoms with Crippen molar-refractivity contribution in [3.05, 3.63) is 66.2 Å². The Labute approximate surface area is 169 Å². The Morgan fingerprint density at radius 2 is 1.59 bits per heavy atom. The van der Waals surface area contributed by atoms with E-state index in [4.69, 9.17) is 5.26 Å². The molecule has 0 spiro atoms. The number of sulfonamides is 1. The summed E-state index contributed by atoms with van der Waals surface area (Å²) in [5, 5.41) is 8.89. The zero-order valence-electron chi connectivity index (χ0n) is 15.9. The van der Waals surface area contributed by atoms with Gasteiger partial charge in [-0.05, 0) is 43.3 Å². The first-order chi connectivity index (χ1) is 14.0. The molecular weight excluding hydrogens is 388 g/mol. The first kappa shape index (κ1) is 19.1. The molecule has 8 nitrogen and oxygen atoms in total. The van der Waals surface area contributed by atoms with Gasteiger partial charge in [0.25, 0.3) is 0 Å². The van der Waals surface area contributed by atoms with Crippen molar-refractivity contribution in [2.45, 2.75) is 11.8 Å². The van der Waals surface area contributed by atoms with Gasteiger partial charge in [0, 0.05) is 44.6 Å². The first-order valence-electron chi connectivity index (χ1n) is 9.22. The Bertz CT molecular complexity index is 1140. The third-order valence-corrected chi connectivity index (χ3v) is 6.78. The highest BCUT2D eigenvalue weighted by molar-refractivity contribution is 7.89. The quantitative estimate of drug-likeness (QED) is 0.655. The van der Waals surface area contributed by atoms with Gasteiger partial charge in [0.2, 0.25) is 10.0 Å². The number of rotatable bonds is 4. The second kappa shape index (κ2) is 7.66. The van der Waals surface area contributed by atoms with Gasteiger partial charge in [-0.2, -0.15) is 9.57 Å². The Kier molecular flexibility index (Phi) is 5.05. The fraction of sp³-hybridized carbons (Fsp3) is 0.250. The van der Waals surface area contributed by atoms with Crippen LogP contribution in [0.5, 0.6) is 0 Å². The first-order valence-corrected chi connectivity index (χ1v) is 10.7. The normalized spacial score (nSPS) is 15.2. The van der Waals surface area contributed by atoms with Gasteiger partial charge in [-0.15, -0.1) is 0 Å². The van der Waals surface area contributed by atoms with E-state index >= 15 is 0 Å². The Morgan fingerprint density at radius 1 is 0.966 bits per heavy atom. The third kappa shape index (κ3) is 3.85. The molecule has 1 saturated heterocycles. The summed E-state index contributed by atoms with van der Waals surface area (Å²) in [6, 6.07) is 13.8. The van der Waals surface area contributed by atoms with E-state index in [0.29, 0.717) is 37.6 Å². The molecule has 0 radical (unpaired) electrons. The van der Waals surface area contributed by atoms with Crippen LogP contribution in [0, 0.1) is 18.3 Å². The number of nitrogens with zero attached hydrogens (tertiary/aromatic N) is 6. The lowest BCUT2D eigenvalue weighted by Gasteiger charge is -2.34. The number of piperazine rings is 1. The predicted molar refractivity (Wildman–Crippen MR) is 108 cm³/mol. The van der Waals surface area contributed by atoms with Crippen molar-refractivity contribution in [3.8, 4) is 11.9 Å². The maximum atomic E-state index is 12.9. The highest BCUT2D eigenvalue weighted by Gasteiger charge is 2.29. The highest BCUT2D eigenvalue weighted by Crippen LogP contribution is 2.22. The number of hydrogen-bond acceptors (Lipinski definition) is 6. The van der Waals surface area contributed by atoms with E-state index in [-0.39, 0.29) is 4.90 Å². The average Bonchev–Trinajstić information content (AvgIpc) is 3.28. The number of nitriles is 1. The van der Waals surface area contributed by atoms with Crippen LogP contribution in [-0.4, -0.2) is 53.4 Å². The molecule has 0 amide bonds. The SMILES string of the molecule is Cc1nc(N2CCN(S(=O)(=O)c3ccc(C#N)cc3)CC2)cc(-n2cccc2)n1. The summed E-state index contributed by atoms with van der Waals surface area (Å²) in [7, 11) is -3.58. The Hall–Kier alpha value is -3.22. The molecule has 0 bridgehead atoms. The van der Waals surface area contributed by atoms with E-state index in [1.165, 1.54) is 28.6 Å². The molecule has 2 aromatic heterocycles. The summed E-state index contributed by atoms with van der Waals surface area (Å²) in [6.07, 6.45) is 3.85. The van der Waals surface area contributed by atoms with E-state index < -0.39 is 10.0 Å². The van der Waals surface area contributed by atoms with Crippen LogP contribution in [-0.2, 0) is 10.0 Å². The molecular formula is C20H20N6O2S. The van der Waals surface area contributed by atoms with Crippen molar-refractivity contribution < 1.29 is 8.42 Å². The van der Waals surface area contributed by atoms with Crippen LogP contribution in [0.25, 0.3) is 5.82 Å². The maximum Gasteiger partial charge on any atom is 0.243 e. The number of aromatic nitrogens is 3. The molecule has 0 N–H and O–H groups in total. The summed E-state index contributed by atoms with van der Waals surface area (Å²) in [6.45, 7) is 3.66. The molecule has 3 heterocycles. The largest absolute Gasteiger partial charge is 0.354 e. The van der Waals surface area contributed by atoms with Crippen LogP contribution < -0.4 is 4.90 Å². The summed E-state index contributed by atoms with van der Waals surface area (Å²) >= 11 is 0. The number of benzene rings is 1. The minimum absolute atomic E-state index is 0.206. The minimum Gasteiger partial charge on any atom is -0.354 e. The lowest BCUT2D eigenvalue weighted by Crippen LogP contribution is -2.49. The molecule has 4 rings (SSSR count). The van der Waals surface area contributed by atoms with Crippen molar-refractivity contribution in [2.24, 2.45) is 0 Å². The summed E-state index contributed by atoms with van der Waals surface area (Å²) < 4.78 is 29.2. The standard InChI is InChI=1S/C20H20N6O2S/c1-16-22-19(24-8-2-3-9-24)14-20(23-16)25-10-12-26(13-11-25)29(27,28)18-6-4-17(15-21)5-7-18/h2-9,14H,10-13H2,1H3. The molecule has 0 saturated carbocycles. The molecule has 0 aliphatic carbocycles. The van der Waals surface area contributed by atoms with Gasteiger partial charge in [0.05, 0.1) is 16.5 Å². The minimum atomic E-state index is -3.58. The van der Waals surface area contributed by atoms with E-state index in [9.17, 15) is 8.42 Å². The second-order valence-corrected chi connectivity index (χ2v) is 8.69. The van der Waals surface area contributed by atoms with Crippen molar-refractivity contribution in [1.82, 2.24) is 18.8 Å². The van der Waals surface area contributed by atoms with E-state index in [1.807, 2.05) is 48.2 Å². The smallest absolute Gasteiger partial charge is 0.243 e. The van der Waals surface area contributed by atoms with Gasteiger partial charge < -0.3 is 9.47 Å². The summed E-state index contributed by atoms with van der Waals surface area (Å²) in [4.78, 5) is 11.3. The fourth-order valence-corrected chi connectivity index (χ4v) is 4.75. The molecule has 1 aliphatic rings. The summed E-state index contributed by atoms with van der Waals surface area (Å²) in [5.74, 6) is 2.24. The third-order valence-electron chi connectivity index (χ3n) is 4.86. The lowest BCUT2D eigenvalue weighted by atomic mass is 10.2. The van der Waals surface area contributed by atoms with Crippen LogP contribution in [0.15, 0.2) is 59.8 Å². The molecule has 1 aromatic carbocycles. The maximum absolute atomic E-state index is 12.9. The van der Waals surface area contributed by atoms with Gasteiger partial charge in [-0.3, -0.25) is 0 Å². The van der Waals surface area contributed by atoms with E-state index in [1.54, 1.807) is 0 Å². The predicted octanol–water partition coefficient (Wildman–Crippen LogP) is 1.96. The molecule has 0 atom stereocenters. The molecule has 9 heteroatoms. The molecule has 1 aliphatic heterocycles. The highest BCUT2D eigenvalue weighted by atomic mass is 32.2. The van der Waals surface area contributed by atoms with Gasteiger partial charge in [0.15, 0.2) is 0 Å². The zero-order chi connectivity index (χ0) is 20.4. The van der Waals surface area contributed by atoms with Crippen molar-refractivity contribution in [3.63, 3.8) is 0 Å². The Morgan fingerprint density at radius 3 is 2.21 bits per heavy atom. The van der Waals surface area contributed by atoms with E-state index in [0.717, 1.165) is 11.6 Å². The second-order valence-electron chi connectivity index (χ2n) is 6.75. The lowest BCUT2D eigenvalue weighted by molar-refractivity contribution is 0.383. The van der Waals surface area contributed by atoms with Gasteiger partial charge >= 0.3 is 0 Å². The molecule has 3 aromatic rings. The van der Waals surface area contributed by atoms with Gasteiger partial charge in [0.1, 0.15) is 17.5 Å². The number of anilines is 1. The van der Waals surface area contributed by atoms with Crippen molar-refractivity contribution in [2.75, 3.05) is 31.1 Å². The average molecular weight is 408 g/mol. The van der Waals surface area contributed by atoms with Crippen LogP contribution in [0.1, 0.15) is 11.4 Å². The summed E-state index contributed by atoms with van der Waals surface area (Å²) in [5.41, 5.74) is 0.436. The van der Waals surface area contributed by atoms with Crippen molar-refractivity contribution >= 4 is 15.8 Å².